The zero-order valence-electron chi connectivity index (χ0n) is 12.2. The Balaban J connectivity index is 2.02. The summed E-state index contributed by atoms with van der Waals surface area (Å²) >= 11 is 0. The molecule has 1 atom stereocenters. The summed E-state index contributed by atoms with van der Waals surface area (Å²) in [6.45, 7) is 6.49. The number of hydrogen-bond acceptors (Lipinski definition) is 3. The van der Waals surface area contributed by atoms with E-state index in [-0.39, 0.29) is 0 Å². The molecule has 0 aromatic heterocycles. The van der Waals surface area contributed by atoms with Crippen LogP contribution in [0.3, 0.4) is 0 Å². The molecule has 1 aromatic carbocycles. The molecule has 0 spiro atoms. The summed E-state index contributed by atoms with van der Waals surface area (Å²) in [5, 5.41) is 3.62. The number of likely N-dealkylation sites (tertiary alicyclic amines) is 1. The smallest absolute Gasteiger partial charge is 0.0663 e. The van der Waals surface area contributed by atoms with Gasteiger partial charge in [0, 0.05) is 25.4 Å². The molecule has 1 aliphatic rings. The van der Waals surface area contributed by atoms with E-state index in [2.05, 4.69) is 41.4 Å². The van der Waals surface area contributed by atoms with Crippen LogP contribution in [0.1, 0.15) is 31.7 Å². The lowest BCUT2D eigenvalue weighted by molar-refractivity contribution is 0.184. The number of anilines is 1. The number of methoxy groups -OCH3 is 1. The standard InChI is InChI=1S/C16H26N2O/c1-3-15(13-19-2)17-16-9-5-4-8-14(16)12-18-10-6-7-11-18/h4-5,8-9,15,17H,3,6-7,10-13H2,1-2H3. The maximum Gasteiger partial charge on any atom is 0.0663 e. The molecule has 0 amide bonds. The lowest BCUT2D eigenvalue weighted by Crippen LogP contribution is -2.25. The average molecular weight is 262 g/mol. The van der Waals surface area contributed by atoms with Crippen molar-refractivity contribution in [3.05, 3.63) is 29.8 Å². The third kappa shape index (κ3) is 4.22. The molecule has 3 nitrogen and oxygen atoms in total. The third-order valence-electron chi connectivity index (χ3n) is 3.83. The van der Waals surface area contributed by atoms with E-state index in [1.807, 2.05) is 0 Å². The van der Waals surface area contributed by atoms with Crippen molar-refractivity contribution in [2.75, 3.05) is 32.1 Å². The first-order chi connectivity index (χ1) is 9.33. The zero-order valence-corrected chi connectivity index (χ0v) is 12.2. The van der Waals surface area contributed by atoms with Gasteiger partial charge in [0.25, 0.3) is 0 Å². The maximum atomic E-state index is 5.27. The Morgan fingerprint density at radius 3 is 2.68 bits per heavy atom. The minimum absolute atomic E-state index is 0.393. The van der Waals surface area contributed by atoms with Crippen molar-refractivity contribution in [2.45, 2.75) is 38.8 Å². The van der Waals surface area contributed by atoms with Crippen LogP contribution in [-0.4, -0.2) is 37.7 Å². The normalized spacial score (nSPS) is 17.6. The molecule has 1 aliphatic heterocycles. The van der Waals surface area contributed by atoms with Crippen molar-refractivity contribution in [3.8, 4) is 0 Å². The lowest BCUT2D eigenvalue weighted by Gasteiger charge is -2.22. The number of para-hydroxylation sites is 1. The second kappa shape index (κ2) is 7.51. The highest BCUT2D eigenvalue weighted by Crippen LogP contribution is 2.21. The maximum absolute atomic E-state index is 5.27. The third-order valence-corrected chi connectivity index (χ3v) is 3.83. The van der Waals surface area contributed by atoms with Crippen molar-refractivity contribution in [1.29, 1.82) is 0 Å². The van der Waals surface area contributed by atoms with Gasteiger partial charge in [-0.25, -0.2) is 0 Å². The Morgan fingerprint density at radius 2 is 2.00 bits per heavy atom. The minimum atomic E-state index is 0.393. The number of rotatable bonds is 7. The number of hydrogen-bond donors (Lipinski definition) is 1. The number of benzene rings is 1. The molecule has 3 heteroatoms. The first-order valence-corrected chi connectivity index (χ1v) is 7.39. The van der Waals surface area contributed by atoms with Gasteiger partial charge in [0.05, 0.1) is 6.61 Å². The topological polar surface area (TPSA) is 24.5 Å². The van der Waals surface area contributed by atoms with E-state index < -0.39 is 0 Å². The molecule has 0 aliphatic carbocycles. The summed E-state index contributed by atoms with van der Waals surface area (Å²) in [5.41, 5.74) is 2.66. The highest BCUT2D eigenvalue weighted by Gasteiger charge is 2.14. The molecule has 2 rings (SSSR count). The second-order valence-corrected chi connectivity index (χ2v) is 5.35. The van der Waals surface area contributed by atoms with Crippen LogP contribution in [0.25, 0.3) is 0 Å². The van der Waals surface area contributed by atoms with Crippen LogP contribution in [-0.2, 0) is 11.3 Å². The molecule has 1 unspecified atom stereocenters. The molecular weight excluding hydrogens is 236 g/mol. The fourth-order valence-electron chi connectivity index (χ4n) is 2.66. The first kappa shape index (κ1) is 14.4. The molecule has 1 saturated heterocycles. The van der Waals surface area contributed by atoms with Crippen LogP contribution in [0.5, 0.6) is 0 Å². The fraction of sp³-hybridized carbons (Fsp3) is 0.625. The van der Waals surface area contributed by atoms with Gasteiger partial charge in [0.1, 0.15) is 0 Å². The van der Waals surface area contributed by atoms with Crippen LogP contribution in [0.15, 0.2) is 24.3 Å². The van der Waals surface area contributed by atoms with Crippen LogP contribution >= 0.6 is 0 Å². The number of ether oxygens (including phenoxy) is 1. The molecule has 19 heavy (non-hydrogen) atoms. The predicted molar refractivity (Wildman–Crippen MR) is 80.5 cm³/mol. The summed E-state index contributed by atoms with van der Waals surface area (Å²) in [7, 11) is 1.76. The monoisotopic (exact) mass is 262 g/mol. The number of nitrogens with zero attached hydrogens (tertiary/aromatic N) is 1. The van der Waals surface area contributed by atoms with Gasteiger partial charge in [-0.05, 0) is 44.0 Å². The highest BCUT2D eigenvalue weighted by atomic mass is 16.5. The summed E-state index contributed by atoms with van der Waals surface area (Å²) < 4.78 is 5.27. The zero-order chi connectivity index (χ0) is 13.5. The van der Waals surface area contributed by atoms with E-state index in [4.69, 9.17) is 4.74 Å². The van der Waals surface area contributed by atoms with Gasteiger partial charge >= 0.3 is 0 Å². The van der Waals surface area contributed by atoms with E-state index >= 15 is 0 Å². The number of nitrogens with one attached hydrogen (secondary N) is 1. The Morgan fingerprint density at radius 1 is 1.26 bits per heavy atom. The lowest BCUT2D eigenvalue weighted by atomic mass is 10.1. The van der Waals surface area contributed by atoms with E-state index in [1.54, 1.807) is 7.11 Å². The highest BCUT2D eigenvalue weighted by molar-refractivity contribution is 5.51. The molecule has 1 aromatic rings. The van der Waals surface area contributed by atoms with Crippen molar-refractivity contribution < 1.29 is 4.74 Å². The van der Waals surface area contributed by atoms with E-state index in [1.165, 1.54) is 37.2 Å². The molecule has 1 heterocycles. The Kier molecular flexibility index (Phi) is 5.67. The summed E-state index contributed by atoms with van der Waals surface area (Å²) in [5.74, 6) is 0. The van der Waals surface area contributed by atoms with Gasteiger partial charge in [-0.15, -0.1) is 0 Å². The van der Waals surface area contributed by atoms with Crippen LogP contribution in [0.2, 0.25) is 0 Å². The second-order valence-electron chi connectivity index (χ2n) is 5.35. The van der Waals surface area contributed by atoms with Crippen molar-refractivity contribution >= 4 is 5.69 Å². The van der Waals surface area contributed by atoms with E-state index in [0.29, 0.717) is 6.04 Å². The van der Waals surface area contributed by atoms with Crippen LogP contribution in [0.4, 0.5) is 5.69 Å². The molecule has 0 bridgehead atoms. The Bertz CT molecular complexity index is 375. The Labute approximate surface area is 116 Å². The summed E-state index contributed by atoms with van der Waals surface area (Å²) in [6.07, 6.45) is 3.76. The van der Waals surface area contributed by atoms with E-state index in [9.17, 15) is 0 Å². The SMILES string of the molecule is CCC(COC)Nc1ccccc1CN1CCCC1. The molecular formula is C16H26N2O. The first-order valence-electron chi connectivity index (χ1n) is 7.39. The molecule has 1 fully saturated rings. The predicted octanol–water partition coefficient (Wildman–Crippen LogP) is 3.12. The molecule has 1 N–H and O–H groups in total. The molecule has 0 radical (unpaired) electrons. The summed E-state index contributed by atoms with van der Waals surface area (Å²) in [4.78, 5) is 2.54. The Hall–Kier alpha value is -1.06. The van der Waals surface area contributed by atoms with Crippen LogP contribution in [0, 0.1) is 0 Å². The molecule has 0 saturated carbocycles. The van der Waals surface area contributed by atoms with Gasteiger partial charge in [-0.2, -0.15) is 0 Å². The van der Waals surface area contributed by atoms with Gasteiger partial charge in [0.15, 0.2) is 0 Å². The minimum Gasteiger partial charge on any atom is -0.383 e. The van der Waals surface area contributed by atoms with E-state index in [0.717, 1.165) is 19.6 Å². The van der Waals surface area contributed by atoms with Gasteiger partial charge < -0.3 is 10.1 Å². The van der Waals surface area contributed by atoms with Gasteiger partial charge in [-0.3, -0.25) is 4.90 Å². The summed E-state index contributed by atoms with van der Waals surface area (Å²) in [6, 6.07) is 9.05. The van der Waals surface area contributed by atoms with Crippen LogP contribution < -0.4 is 5.32 Å². The quantitative estimate of drug-likeness (QED) is 0.817. The van der Waals surface area contributed by atoms with Crippen molar-refractivity contribution in [1.82, 2.24) is 4.90 Å². The van der Waals surface area contributed by atoms with Gasteiger partial charge in [-0.1, -0.05) is 25.1 Å². The van der Waals surface area contributed by atoms with Crippen molar-refractivity contribution in [2.24, 2.45) is 0 Å². The largest absolute Gasteiger partial charge is 0.383 e. The average Bonchev–Trinajstić information content (AvgIpc) is 2.93. The fourth-order valence-corrected chi connectivity index (χ4v) is 2.66. The molecule has 106 valence electrons. The van der Waals surface area contributed by atoms with Crippen molar-refractivity contribution in [3.63, 3.8) is 0 Å². The van der Waals surface area contributed by atoms with Gasteiger partial charge in [0.2, 0.25) is 0 Å².